The van der Waals surface area contributed by atoms with Gasteiger partial charge in [-0.3, -0.25) is 4.79 Å². The lowest BCUT2D eigenvalue weighted by Gasteiger charge is -2.11. The summed E-state index contributed by atoms with van der Waals surface area (Å²) in [6, 6.07) is 16.1. The summed E-state index contributed by atoms with van der Waals surface area (Å²) in [6.07, 6.45) is 0. The standard InChI is InChI=1S/C20H19ClN4O2/c1-3-27-18-7-5-4-6-16(18)23-20(26)17-10-11-19(25-24-17)22-14-9-8-13(2)15(21)12-14/h4-12H,3H2,1-2H3,(H,22,25)(H,23,26). The number of hydrogen-bond donors (Lipinski definition) is 2. The van der Waals surface area contributed by atoms with E-state index in [0.29, 0.717) is 28.9 Å². The van der Waals surface area contributed by atoms with E-state index in [-0.39, 0.29) is 11.6 Å². The Morgan fingerprint density at radius 3 is 2.63 bits per heavy atom. The van der Waals surface area contributed by atoms with E-state index in [0.717, 1.165) is 11.3 Å². The van der Waals surface area contributed by atoms with E-state index in [9.17, 15) is 4.79 Å². The van der Waals surface area contributed by atoms with Crippen LogP contribution in [-0.4, -0.2) is 22.7 Å². The van der Waals surface area contributed by atoms with Gasteiger partial charge in [0, 0.05) is 10.7 Å². The van der Waals surface area contributed by atoms with Gasteiger partial charge < -0.3 is 15.4 Å². The van der Waals surface area contributed by atoms with Gasteiger partial charge in [0.1, 0.15) is 5.75 Å². The fourth-order valence-corrected chi connectivity index (χ4v) is 2.56. The number of carbonyl (C=O) groups excluding carboxylic acids is 1. The SMILES string of the molecule is CCOc1ccccc1NC(=O)c1ccc(Nc2ccc(C)c(Cl)c2)nn1. The van der Waals surface area contributed by atoms with Crippen molar-refractivity contribution < 1.29 is 9.53 Å². The van der Waals surface area contributed by atoms with Crippen molar-refractivity contribution in [2.24, 2.45) is 0 Å². The molecule has 2 N–H and O–H groups in total. The molecule has 1 aromatic heterocycles. The van der Waals surface area contributed by atoms with E-state index in [4.69, 9.17) is 16.3 Å². The van der Waals surface area contributed by atoms with Crippen molar-refractivity contribution in [1.29, 1.82) is 0 Å². The average Bonchev–Trinajstić information content (AvgIpc) is 2.67. The molecule has 27 heavy (non-hydrogen) atoms. The van der Waals surface area contributed by atoms with Crippen molar-refractivity contribution >= 4 is 34.7 Å². The highest BCUT2D eigenvalue weighted by atomic mass is 35.5. The zero-order chi connectivity index (χ0) is 19.2. The second-order valence-corrected chi connectivity index (χ2v) is 6.18. The molecular formula is C20H19ClN4O2. The highest BCUT2D eigenvalue weighted by Gasteiger charge is 2.12. The van der Waals surface area contributed by atoms with Crippen LogP contribution in [0.25, 0.3) is 0 Å². The van der Waals surface area contributed by atoms with Crippen molar-refractivity contribution in [2.45, 2.75) is 13.8 Å². The largest absolute Gasteiger partial charge is 0.492 e. The molecule has 1 amide bonds. The minimum absolute atomic E-state index is 0.203. The summed E-state index contributed by atoms with van der Waals surface area (Å²) in [5.41, 5.74) is 2.58. The average molecular weight is 383 g/mol. The first kappa shape index (κ1) is 18.7. The van der Waals surface area contributed by atoms with Crippen LogP contribution in [0.5, 0.6) is 5.75 Å². The summed E-state index contributed by atoms with van der Waals surface area (Å²) in [7, 11) is 0. The highest BCUT2D eigenvalue weighted by Crippen LogP contribution is 2.24. The van der Waals surface area contributed by atoms with Gasteiger partial charge >= 0.3 is 0 Å². The third kappa shape index (κ3) is 4.74. The number of benzene rings is 2. The molecule has 0 aliphatic rings. The molecule has 0 unspecified atom stereocenters. The molecule has 0 aliphatic heterocycles. The molecule has 7 heteroatoms. The number of halogens is 1. The number of nitrogens with zero attached hydrogens (tertiary/aromatic N) is 2. The summed E-state index contributed by atoms with van der Waals surface area (Å²) < 4.78 is 5.51. The van der Waals surface area contributed by atoms with Crippen LogP contribution in [0.4, 0.5) is 17.2 Å². The van der Waals surface area contributed by atoms with Crippen LogP contribution in [0, 0.1) is 6.92 Å². The maximum Gasteiger partial charge on any atom is 0.276 e. The van der Waals surface area contributed by atoms with Gasteiger partial charge in [0.2, 0.25) is 0 Å². The number of anilines is 3. The van der Waals surface area contributed by atoms with Gasteiger partial charge in [0.05, 0.1) is 12.3 Å². The Morgan fingerprint density at radius 2 is 1.93 bits per heavy atom. The predicted molar refractivity (Wildman–Crippen MR) is 107 cm³/mol. The van der Waals surface area contributed by atoms with Crippen LogP contribution in [0.3, 0.4) is 0 Å². The van der Waals surface area contributed by atoms with E-state index >= 15 is 0 Å². The van der Waals surface area contributed by atoms with Crippen molar-refractivity contribution in [3.05, 3.63) is 70.9 Å². The third-order valence-corrected chi connectivity index (χ3v) is 4.18. The molecule has 6 nitrogen and oxygen atoms in total. The minimum atomic E-state index is -0.361. The van der Waals surface area contributed by atoms with Crippen molar-refractivity contribution in [2.75, 3.05) is 17.2 Å². The van der Waals surface area contributed by atoms with Crippen LogP contribution in [0.2, 0.25) is 5.02 Å². The van der Waals surface area contributed by atoms with E-state index in [1.165, 1.54) is 0 Å². The molecule has 0 aliphatic carbocycles. The number of nitrogens with one attached hydrogen (secondary N) is 2. The molecule has 0 saturated carbocycles. The number of aryl methyl sites for hydroxylation is 1. The van der Waals surface area contributed by atoms with Crippen LogP contribution in [0.15, 0.2) is 54.6 Å². The normalized spacial score (nSPS) is 10.3. The zero-order valence-corrected chi connectivity index (χ0v) is 15.7. The quantitative estimate of drug-likeness (QED) is 0.638. The maximum absolute atomic E-state index is 12.4. The third-order valence-electron chi connectivity index (χ3n) is 3.78. The topological polar surface area (TPSA) is 76.1 Å². The number of aromatic nitrogens is 2. The first-order valence-electron chi connectivity index (χ1n) is 8.47. The van der Waals surface area contributed by atoms with E-state index in [1.54, 1.807) is 24.3 Å². The molecule has 0 atom stereocenters. The van der Waals surface area contributed by atoms with Gasteiger partial charge in [-0.1, -0.05) is 29.8 Å². The molecule has 0 radical (unpaired) electrons. The predicted octanol–water partition coefficient (Wildman–Crippen LogP) is 4.83. The monoisotopic (exact) mass is 382 g/mol. The Kier molecular flexibility index (Phi) is 5.88. The summed E-state index contributed by atoms with van der Waals surface area (Å²) in [5.74, 6) is 0.761. The van der Waals surface area contributed by atoms with E-state index in [2.05, 4.69) is 20.8 Å². The zero-order valence-electron chi connectivity index (χ0n) is 15.0. The van der Waals surface area contributed by atoms with Gasteiger partial charge in [0.25, 0.3) is 5.91 Å². The first-order chi connectivity index (χ1) is 13.1. The van der Waals surface area contributed by atoms with Crippen LogP contribution >= 0.6 is 11.6 Å². The number of para-hydroxylation sites is 2. The number of hydrogen-bond acceptors (Lipinski definition) is 5. The lowest BCUT2D eigenvalue weighted by Crippen LogP contribution is -2.15. The Balaban J connectivity index is 1.69. The molecule has 0 saturated heterocycles. The second kappa shape index (κ2) is 8.51. The van der Waals surface area contributed by atoms with Gasteiger partial charge in [-0.25, -0.2) is 0 Å². The lowest BCUT2D eigenvalue weighted by molar-refractivity contribution is 0.102. The Labute approximate surface area is 162 Å². The molecule has 3 aromatic rings. The minimum Gasteiger partial charge on any atom is -0.492 e. The lowest BCUT2D eigenvalue weighted by atomic mass is 10.2. The Morgan fingerprint density at radius 1 is 1.11 bits per heavy atom. The van der Waals surface area contributed by atoms with E-state index < -0.39 is 0 Å². The van der Waals surface area contributed by atoms with Crippen LogP contribution in [-0.2, 0) is 0 Å². The summed E-state index contributed by atoms with van der Waals surface area (Å²) in [4.78, 5) is 12.4. The van der Waals surface area contributed by atoms with Crippen molar-refractivity contribution in [1.82, 2.24) is 10.2 Å². The molecule has 138 valence electrons. The number of ether oxygens (including phenoxy) is 1. The molecule has 2 aromatic carbocycles. The van der Waals surface area contributed by atoms with Crippen LogP contribution in [0.1, 0.15) is 23.0 Å². The molecule has 0 bridgehead atoms. The number of rotatable bonds is 6. The molecule has 3 rings (SSSR count). The van der Waals surface area contributed by atoms with Gasteiger partial charge in [-0.15, -0.1) is 10.2 Å². The van der Waals surface area contributed by atoms with Crippen LogP contribution < -0.4 is 15.4 Å². The Bertz CT molecular complexity index is 945. The fraction of sp³-hybridized carbons (Fsp3) is 0.150. The molecule has 0 spiro atoms. The fourth-order valence-electron chi connectivity index (χ4n) is 2.38. The van der Waals surface area contributed by atoms with Crippen molar-refractivity contribution in [3.8, 4) is 5.75 Å². The molecular weight excluding hydrogens is 364 g/mol. The summed E-state index contributed by atoms with van der Waals surface area (Å²) in [5, 5.41) is 14.6. The number of carbonyl (C=O) groups is 1. The van der Waals surface area contributed by atoms with Crippen molar-refractivity contribution in [3.63, 3.8) is 0 Å². The first-order valence-corrected chi connectivity index (χ1v) is 8.84. The van der Waals surface area contributed by atoms with Gasteiger partial charge in [0.15, 0.2) is 11.5 Å². The highest BCUT2D eigenvalue weighted by molar-refractivity contribution is 6.31. The maximum atomic E-state index is 12.4. The van der Waals surface area contributed by atoms with Gasteiger partial charge in [-0.05, 0) is 55.8 Å². The second-order valence-electron chi connectivity index (χ2n) is 5.78. The van der Waals surface area contributed by atoms with Gasteiger partial charge in [-0.2, -0.15) is 0 Å². The number of amides is 1. The Hall–Kier alpha value is -3.12. The van der Waals surface area contributed by atoms with E-state index in [1.807, 2.05) is 44.2 Å². The summed E-state index contributed by atoms with van der Waals surface area (Å²) in [6.45, 7) is 4.33. The summed E-state index contributed by atoms with van der Waals surface area (Å²) >= 11 is 6.12. The molecule has 1 heterocycles. The molecule has 0 fully saturated rings. The smallest absolute Gasteiger partial charge is 0.276 e.